The minimum Gasteiger partial charge on any atom is -0.349 e. The summed E-state index contributed by atoms with van der Waals surface area (Å²) in [5, 5.41) is 11.5. The summed E-state index contributed by atoms with van der Waals surface area (Å²) in [6.07, 6.45) is 0.389. The Hall–Kier alpha value is -2.02. The van der Waals surface area contributed by atoms with Crippen molar-refractivity contribution in [1.82, 2.24) is 20.1 Å². The molecule has 0 unspecified atom stereocenters. The zero-order chi connectivity index (χ0) is 18.0. The monoisotopic (exact) mass is 359 g/mol. The maximum absolute atomic E-state index is 12.6. The van der Waals surface area contributed by atoms with Gasteiger partial charge in [-0.15, -0.1) is 16.4 Å². The van der Waals surface area contributed by atoms with E-state index < -0.39 is 0 Å². The smallest absolute Gasteiger partial charge is 0.228 e. The van der Waals surface area contributed by atoms with Gasteiger partial charge < -0.3 is 9.80 Å². The molecule has 1 aliphatic heterocycles. The van der Waals surface area contributed by atoms with Crippen molar-refractivity contribution < 1.29 is 4.79 Å². The van der Waals surface area contributed by atoms with Gasteiger partial charge in [-0.25, -0.2) is 4.98 Å². The minimum absolute atomic E-state index is 0.155. The lowest BCUT2D eigenvalue weighted by molar-refractivity contribution is -0.131. The molecular formula is C18H25N5OS. The Morgan fingerprint density at radius 3 is 2.72 bits per heavy atom. The van der Waals surface area contributed by atoms with E-state index >= 15 is 0 Å². The number of anilines is 1. The SMILES string of the molecule is Cc1ccc(N2CCN(C(=O)Cc3csc(C(C)C)n3)C[C@H]2C)nn1. The van der Waals surface area contributed by atoms with Crippen LogP contribution < -0.4 is 4.90 Å². The summed E-state index contributed by atoms with van der Waals surface area (Å²) >= 11 is 1.64. The number of thiazole rings is 1. The third-order valence-corrected chi connectivity index (χ3v) is 5.65. The van der Waals surface area contributed by atoms with E-state index in [1.165, 1.54) is 0 Å². The van der Waals surface area contributed by atoms with Gasteiger partial charge >= 0.3 is 0 Å². The molecule has 1 saturated heterocycles. The molecule has 1 amide bonds. The fourth-order valence-corrected chi connectivity index (χ4v) is 3.84. The van der Waals surface area contributed by atoms with E-state index in [1.807, 2.05) is 29.3 Å². The van der Waals surface area contributed by atoms with Gasteiger partial charge in [-0.3, -0.25) is 4.79 Å². The molecule has 1 aliphatic rings. The van der Waals surface area contributed by atoms with Crippen LogP contribution in [0.25, 0.3) is 0 Å². The van der Waals surface area contributed by atoms with Crippen molar-refractivity contribution in [3.05, 3.63) is 33.9 Å². The van der Waals surface area contributed by atoms with E-state index in [9.17, 15) is 4.79 Å². The number of carbonyl (C=O) groups is 1. The van der Waals surface area contributed by atoms with Crippen LogP contribution in [0, 0.1) is 6.92 Å². The Balaban J connectivity index is 1.59. The molecule has 0 saturated carbocycles. The maximum atomic E-state index is 12.6. The van der Waals surface area contributed by atoms with Crippen LogP contribution in [0.3, 0.4) is 0 Å². The number of rotatable bonds is 4. The van der Waals surface area contributed by atoms with Crippen LogP contribution in [-0.4, -0.2) is 51.7 Å². The molecule has 2 aromatic rings. The van der Waals surface area contributed by atoms with Crippen LogP contribution in [0.2, 0.25) is 0 Å². The van der Waals surface area contributed by atoms with Gasteiger partial charge in [-0.05, 0) is 26.0 Å². The molecule has 2 aromatic heterocycles. The van der Waals surface area contributed by atoms with Crippen molar-refractivity contribution in [1.29, 1.82) is 0 Å². The summed E-state index contributed by atoms with van der Waals surface area (Å²) in [6.45, 7) is 10.5. The summed E-state index contributed by atoms with van der Waals surface area (Å²) < 4.78 is 0. The van der Waals surface area contributed by atoms with Crippen molar-refractivity contribution in [2.24, 2.45) is 0 Å². The minimum atomic E-state index is 0.155. The Labute approximate surface area is 152 Å². The third-order valence-electron chi connectivity index (χ3n) is 4.45. The lowest BCUT2D eigenvalue weighted by Gasteiger charge is -2.40. The van der Waals surface area contributed by atoms with E-state index in [-0.39, 0.29) is 11.9 Å². The summed E-state index contributed by atoms with van der Waals surface area (Å²) in [5.41, 5.74) is 1.80. The molecule has 3 heterocycles. The fourth-order valence-electron chi connectivity index (χ4n) is 3.01. The molecule has 0 aromatic carbocycles. The first-order valence-corrected chi connectivity index (χ1v) is 9.61. The van der Waals surface area contributed by atoms with E-state index in [2.05, 4.69) is 40.9 Å². The first-order valence-electron chi connectivity index (χ1n) is 8.73. The number of hydrogen-bond acceptors (Lipinski definition) is 6. The van der Waals surface area contributed by atoms with Gasteiger partial charge in [0.05, 0.1) is 22.8 Å². The Kier molecular flexibility index (Phi) is 5.32. The van der Waals surface area contributed by atoms with E-state index in [0.29, 0.717) is 25.4 Å². The Morgan fingerprint density at radius 1 is 1.32 bits per heavy atom. The number of nitrogens with zero attached hydrogens (tertiary/aromatic N) is 5. The number of amides is 1. The molecule has 0 radical (unpaired) electrons. The van der Waals surface area contributed by atoms with E-state index in [0.717, 1.165) is 28.8 Å². The number of aryl methyl sites for hydroxylation is 1. The van der Waals surface area contributed by atoms with Crippen LogP contribution in [0.4, 0.5) is 5.82 Å². The van der Waals surface area contributed by atoms with Crippen LogP contribution in [0.5, 0.6) is 0 Å². The molecular weight excluding hydrogens is 334 g/mol. The molecule has 0 spiro atoms. The normalized spacial score (nSPS) is 18.0. The second kappa shape index (κ2) is 7.47. The lowest BCUT2D eigenvalue weighted by atomic mass is 10.1. The van der Waals surface area contributed by atoms with Crippen molar-refractivity contribution in [3.63, 3.8) is 0 Å². The highest BCUT2D eigenvalue weighted by molar-refractivity contribution is 7.09. The van der Waals surface area contributed by atoms with Gasteiger partial charge in [0.25, 0.3) is 0 Å². The molecule has 25 heavy (non-hydrogen) atoms. The quantitative estimate of drug-likeness (QED) is 0.840. The molecule has 0 N–H and O–H groups in total. The molecule has 1 fully saturated rings. The molecule has 0 bridgehead atoms. The summed E-state index contributed by atoms with van der Waals surface area (Å²) in [4.78, 5) is 21.4. The zero-order valence-electron chi connectivity index (χ0n) is 15.3. The van der Waals surface area contributed by atoms with Crippen LogP contribution >= 0.6 is 11.3 Å². The standard InChI is InChI=1S/C18H25N5OS/c1-12(2)18-19-15(11-25-18)9-17(24)22-7-8-23(14(4)10-22)16-6-5-13(3)20-21-16/h5-6,11-12,14H,7-10H2,1-4H3/t14-/m1/s1. The second-order valence-electron chi connectivity index (χ2n) is 6.92. The maximum Gasteiger partial charge on any atom is 0.228 e. The average Bonchev–Trinajstić information content (AvgIpc) is 3.04. The number of carbonyl (C=O) groups excluding carboxylic acids is 1. The highest BCUT2D eigenvalue weighted by Gasteiger charge is 2.28. The molecule has 3 rings (SSSR count). The average molecular weight is 359 g/mol. The predicted octanol–water partition coefficient (Wildman–Crippen LogP) is 2.64. The second-order valence-corrected chi connectivity index (χ2v) is 7.81. The van der Waals surface area contributed by atoms with Gasteiger partial charge in [-0.1, -0.05) is 13.8 Å². The predicted molar refractivity (Wildman–Crippen MR) is 100 cm³/mol. The van der Waals surface area contributed by atoms with Gasteiger partial charge in [-0.2, -0.15) is 5.10 Å². The van der Waals surface area contributed by atoms with E-state index in [4.69, 9.17) is 0 Å². The highest BCUT2D eigenvalue weighted by Crippen LogP contribution is 2.21. The molecule has 7 heteroatoms. The molecule has 6 nitrogen and oxygen atoms in total. The number of hydrogen-bond donors (Lipinski definition) is 0. The molecule has 0 aliphatic carbocycles. The van der Waals surface area contributed by atoms with E-state index in [1.54, 1.807) is 11.3 Å². The first-order chi connectivity index (χ1) is 11.9. The van der Waals surface area contributed by atoms with Crippen molar-refractivity contribution in [2.75, 3.05) is 24.5 Å². The van der Waals surface area contributed by atoms with Crippen molar-refractivity contribution >= 4 is 23.1 Å². The molecule has 134 valence electrons. The molecule has 1 atom stereocenters. The topological polar surface area (TPSA) is 62.2 Å². The third kappa shape index (κ3) is 4.15. The van der Waals surface area contributed by atoms with Crippen LogP contribution in [0.1, 0.15) is 43.1 Å². The van der Waals surface area contributed by atoms with Crippen LogP contribution in [0.15, 0.2) is 17.5 Å². The van der Waals surface area contributed by atoms with Gasteiger partial charge in [0.1, 0.15) is 0 Å². The Bertz CT molecular complexity index is 727. The lowest BCUT2D eigenvalue weighted by Crippen LogP contribution is -2.54. The summed E-state index contributed by atoms with van der Waals surface area (Å²) in [6, 6.07) is 4.19. The fraction of sp³-hybridized carbons (Fsp3) is 0.556. The highest BCUT2D eigenvalue weighted by atomic mass is 32.1. The zero-order valence-corrected chi connectivity index (χ0v) is 16.1. The summed E-state index contributed by atoms with van der Waals surface area (Å²) in [7, 11) is 0. The number of piperazine rings is 1. The van der Waals surface area contributed by atoms with Gasteiger partial charge in [0.2, 0.25) is 5.91 Å². The Morgan fingerprint density at radius 2 is 2.12 bits per heavy atom. The first kappa shape index (κ1) is 17.8. The largest absolute Gasteiger partial charge is 0.349 e. The van der Waals surface area contributed by atoms with Crippen LogP contribution in [-0.2, 0) is 11.2 Å². The number of aromatic nitrogens is 3. The van der Waals surface area contributed by atoms with Crippen molar-refractivity contribution in [3.8, 4) is 0 Å². The van der Waals surface area contributed by atoms with Gasteiger partial charge in [0.15, 0.2) is 5.82 Å². The van der Waals surface area contributed by atoms with Crippen molar-refractivity contribution in [2.45, 2.75) is 46.1 Å². The summed E-state index contributed by atoms with van der Waals surface area (Å²) in [5.74, 6) is 1.45. The van der Waals surface area contributed by atoms with Gasteiger partial charge in [0, 0.05) is 37.0 Å².